The van der Waals surface area contributed by atoms with Gasteiger partial charge in [0.15, 0.2) is 5.78 Å². The fourth-order valence-electron chi connectivity index (χ4n) is 2.46. The molecule has 0 spiro atoms. The quantitative estimate of drug-likeness (QED) is 0.384. The van der Waals surface area contributed by atoms with Gasteiger partial charge in [0.05, 0.1) is 5.92 Å². The van der Waals surface area contributed by atoms with Crippen LogP contribution >= 0.6 is 0 Å². The van der Waals surface area contributed by atoms with Gasteiger partial charge in [-0.2, -0.15) is 0 Å². The van der Waals surface area contributed by atoms with Crippen molar-refractivity contribution < 1.29 is 14.7 Å². The minimum Gasteiger partial charge on any atom is -0.377 e. The average Bonchev–Trinajstić information content (AvgIpc) is 2.56. The van der Waals surface area contributed by atoms with Crippen molar-refractivity contribution in [3.63, 3.8) is 0 Å². The molecular weight excluding hydrogens is 192 g/mol. The van der Waals surface area contributed by atoms with E-state index >= 15 is 0 Å². The van der Waals surface area contributed by atoms with E-state index in [9.17, 15) is 14.7 Å². The van der Waals surface area contributed by atoms with Gasteiger partial charge in [-0.15, -0.1) is 6.42 Å². The number of carbonyl (C=O) groups excluding carboxylic acids is 2. The first-order valence-corrected chi connectivity index (χ1v) is 5.00. The van der Waals surface area contributed by atoms with Crippen LogP contribution in [0.2, 0.25) is 0 Å². The Morgan fingerprint density at radius 2 is 2.40 bits per heavy atom. The summed E-state index contributed by atoms with van der Waals surface area (Å²) in [6.07, 6.45) is 8.92. The van der Waals surface area contributed by atoms with E-state index in [1.54, 1.807) is 0 Å². The minimum absolute atomic E-state index is 0.155. The van der Waals surface area contributed by atoms with Crippen molar-refractivity contribution in [3.8, 4) is 12.3 Å². The first-order valence-electron chi connectivity index (χ1n) is 5.00. The van der Waals surface area contributed by atoms with Crippen molar-refractivity contribution in [2.24, 2.45) is 11.8 Å². The van der Waals surface area contributed by atoms with Gasteiger partial charge in [0, 0.05) is 5.92 Å². The number of aldehydes is 1. The van der Waals surface area contributed by atoms with Crippen LogP contribution < -0.4 is 0 Å². The maximum absolute atomic E-state index is 11.4. The molecule has 0 aliphatic heterocycles. The molecule has 0 aromatic heterocycles. The Balaban J connectivity index is 2.36. The summed E-state index contributed by atoms with van der Waals surface area (Å²) in [7, 11) is 0. The molecule has 0 aromatic rings. The zero-order valence-electron chi connectivity index (χ0n) is 8.27. The van der Waals surface area contributed by atoms with Gasteiger partial charge in [-0.3, -0.25) is 4.79 Å². The largest absolute Gasteiger partial charge is 0.377 e. The van der Waals surface area contributed by atoms with Crippen LogP contribution in [0.25, 0.3) is 0 Å². The number of terminal acetylenes is 1. The maximum Gasteiger partial charge on any atom is 0.165 e. The summed E-state index contributed by atoms with van der Waals surface area (Å²) in [5.41, 5.74) is -0.257. The molecule has 2 aliphatic rings. The summed E-state index contributed by atoms with van der Waals surface area (Å²) in [6.45, 7) is 0. The second-order valence-electron chi connectivity index (χ2n) is 4.22. The molecule has 0 amide bonds. The van der Waals surface area contributed by atoms with E-state index in [0.717, 1.165) is 5.57 Å². The first-order chi connectivity index (χ1) is 7.10. The summed E-state index contributed by atoms with van der Waals surface area (Å²) in [5, 5.41) is 10.1. The second-order valence-corrected chi connectivity index (χ2v) is 4.22. The van der Waals surface area contributed by atoms with Gasteiger partial charge in [-0.1, -0.05) is 11.5 Å². The molecule has 3 heteroatoms. The van der Waals surface area contributed by atoms with Crippen LogP contribution in [0.3, 0.4) is 0 Å². The molecule has 0 bridgehead atoms. The Morgan fingerprint density at radius 1 is 1.67 bits per heavy atom. The Morgan fingerprint density at radius 3 is 3.00 bits per heavy atom. The van der Waals surface area contributed by atoms with Crippen molar-refractivity contribution in [2.45, 2.75) is 24.9 Å². The molecular formula is C12H12O3. The third-order valence-electron chi connectivity index (χ3n) is 3.42. The van der Waals surface area contributed by atoms with Crippen LogP contribution in [-0.2, 0) is 9.59 Å². The van der Waals surface area contributed by atoms with Crippen LogP contribution in [0.15, 0.2) is 11.6 Å². The van der Waals surface area contributed by atoms with Crippen molar-refractivity contribution in [1.82, 2.24) is 0 Å². The maximum atomic E-state index is 11.4. The summed E-state index contributed by atoms with van der Waals surface area (Å²) in [4.78, 5) is 22.1. The highest BCUT2D eigenvalue weighted by Crippen LogP contribution is 2.45. The molecule has 1 saturated carbocycles. The summed E-state index contributed by atoms with van der Waals surface area (Å²) in [6, 6.07) is 0. The second kappa shape index (κ2) is 3.32. The molecule has 0 aromatic carbocycles. The fourth-order valence-corrected chi connectivity index (χ4v) is 2.46. The molecule has 1 N–H and O–H groups in total. The number of hydrogen-bond donors (Lipinski definition) is 1. The molecule has 0 radical (unpaired) electrons. The third kappa shape index (κ3) is 1.42. The number of aliphatic hydroxyl groups is 1. The van der Waals surface area contributed by atoms with E-state index in [1.165, 1.54) is 6.08 Å². The predicted octanol–water partition coefficient (Wildman–Crippen LogP) is 0.475. The van der Waals surface area contributed by atoms with E-state index in [2.05, 4.69) is 5.92 Å². The van der Waals surface area contributed by atoms with Crippen LogP contribution in [0.5, 0.6) is 0 Å². The van der Waals surface area contributed by atoms with Crippen LogP contribution in [0, 0.1) is 24.2 Å². The van der Waals surface area contributed by atoms with Gasteiger partial charge in [-0.05, 0) is 25.3 Å². The third-order valence-corrected chi connectivity index (χ3v) is 3.42. The summed E-state index contributed by atoms with van der Waals surface area (Å²) in [5.74, 6) is 1.39. The van der Waals surface area contributed by atoms with Crippen molar-refractivity contribution in [1.29, 1.82) is 0 Å². The summed E-state index contributed by atoms with van der Waals surface area (Å²) >= 11 is 0. The first kappa shape index (κ1) is 10.1. The Hall–Kier alpha value is -1.40. The number of allylic oxidation sites excluding steroid dienone is 1. The van der Waals surface area contributed by atoms with Crippen molar-refractivity contribution in [2.75, 3.05) is 0 Å². The SMILES string of the molecule is C#C[C@]1(O)CCC2=CC(=O)C(C=O)CC21. The molecule has 0 saturated heterocycles. The molecule has 1 fully saturated rings. The number of ketones is 1. The van der Waals surface area contributed by atoms with E-state index in [0.29, 0.717) is 25.5 Å². The molecule has 2 aliphatic carbocycles. The number of fused-ring (bicyclic) bond motifs is 1. The van der Waals surface area contributed by atoms with E-state index in [4.69, 9.17) is 6.42 Å². The van der Waals surface area contributed by atoms with Gasteiger partial charge >= 0.3 is 0 Å². The minimum atomic E-state index is -1.16. The van der Waals surface area contributed by atoms with E-state index in [-0.39, 0.29) is 11.7 Å². The molecule has 0 heterocycles. The topological polar surface area (TPSA) is 54.4 Å². The van der Waals surface area contributed by atoms with Gasteiger partial charge in [0.2, 0.25) is 0 Å². The number of rotatable bonds is 1. The van der Waals surface area contributed by atoms with Crippen molar-refractivity contribution >= 4 is 12.1 Å². The van der Waals surface area contributed by atoms with Crippen LogP contribution in [-0.4, -0.2) is 22.8 Å². The van der Waals surface area contributed by atoms with E-state index < -0.39 is 11.5 Å². The van der Waals surface area contributed by atoms with Crippen LogP contribution in [0.1, 0.15) is 19.3 Å². The van der Waals surface area contributed by atoms with Gasteiger partial charge in [0.25, 0.3) is 0 Å². The van der Waals surface area contributed by atoms with Crippen LogP contribution in [0.4, 0.5) is 0 Å². The monoisotopic (exact) mass is 204 g/mol. The highest BCUT2D eigenvalue weighted by molar-refractivity contribution is 6.02. The number of hydrogen-bond acceptors (Lipinski definition) is 3. The predicted molar refractivity (Wildman–Crippen MR) is 53.8 cm³/mol. The zero-order chi connectivity index (χ0) is 11.1. The summed E-state index contributed by atoms with van der Waals surface area (Å²) < 4.78 is 0. The average molecular weight is 204 g/mol. The molecule has 2 rings (SSSR count). The Kier molecular flexibility index (Phi) is 2.24. The Labute approximate surface area is 88.2 Å². The van der Waals surface area contributed by atoms with Gasteiger partial charge in [0.1, 0.15) is 11.9 Å². The highest BCUT2D eigenvalue weighted by Gasteiger charge is 2.46. The fraction of sp³-hybridized carbons (Fsp3) is 0.500. The normalized spacial score (nSPS) is 39.2. The van der Waals surface area contributed by atoms with Gasteiger partial charge < -0.3 is 9.90 Å². The lowest BCUT2D eigenvalue weighted by molar-refractivity contribution is -0.125. The van der Waals surface area contributed by atoms with Gasteiger partial charge in [-0.25, -0.2) is 0 Å². The molecule has 2 unspecified atom stereocenters. The lowest BCUT2D eigenvalue weighted by Crippen LogP contribution is -2.36. The van der Waals surface area contributed by atoms with Crippen molar-refractivity contribution in [3.05, 3.63) is 11.6 Å². The number of carbonyl (C=O) groups is 2. The molecule has 78 valence electrons. The lowest BCUT2D eigenvalue weighted by atomic mass is 9.77. The smallest absolute Gasteiger partial charge is 0.165 e. The standard InChI is InChI=1S/C12H12O3/c1-2-12(15)4-3-8-6-11(14)9(7-13)5-10(8)12/h1,6-7,9-10,15H,3-5H2/t9?,10?,12-/m0/s1. The molecule has 15 heavy (non-hydrogen) atoms. The van der Waals surface area contributed by atoms with E-state index in [1.807, 2.05) is 0 Å². The lowest BCUT2D eigenvalue weighted by Gasteiger charge is -2.29. The molecule has 3 nitrogen and oxygen atoms in total. The molecule has 3 atom stereocenters. The zero-order valence-corrected chi connectivity index (χ0v) is 8.27. The highest BCUT2D eigenvalue weighted by atomic mass is 16.3. The Bertz CT molecular complexity index is 388.